The summed E-state index contributed by atoms with van der Waals surface area (Å²) in [6.07, 6.45) is 13.5. The monoisotopic (exact) mass is 522 g/mol. The Balaban J connectivity index is 1.33. The predicted molar refractivity (Wildman–Crippen MR) is 152 cm³/mol. The summed E-state index contributed by atoms with van der Waals surface area (Å²) < 4.78 is 17.0. The molecule has 7 heteroatoms. The third-order valence-electron chi connectivity index (χ3n) is 6.73. The van der Waals surface area contributed by atoms with Gasteiger partial charge in [0.05, 0.1) is 18.3 Å². The van der Waals surface area contributed by atoms with E-state index >= 15 is 0 Å². The molecule has 3 rings (SSSR count). The third-order valence-corrected chi connectivity index (χ3v) is 6.73. The lowest BCUT2D eigenvalue weighted by Crippen LogP contribution is -2.28. The molecule has 0 aromatic heterocycles. The van der Waals surface area contributed by atoms with Crippen LogP contribution in [0.1, 0.15) is 86.2 Å². The fourth-order valence-corrected chi connectivity index (χ4v) is 4.59. The molecule has 2 aromatic rings. The van der Waals surface area contributed by atoms with Gasteiger partial charge in [0, 0.05) is 30.5 Å². The molecule has 7 nitrogen and oxygen atoms in total. The third kappa shape index (κ3) is 10.6. The Morgan fingerprint density at radius 1 is 0.868 bits per heavy atom. The maximum Gasteiger partial charge on any atom is 0.338 e. The molecule has 0 saturated heterocycles. The number of nitrogen functional groups attached to an aromatic ring is 2. The van der Waals surface area contributed by atoms with E-state index in [0.717, 1.165) is 49.8 Å². The van der Waals surface area contributed by atoms with Gasteiger partial charge in [-0.15, -0.1) is 0 Å². The van der Waals surface area contributed by atoms with E-state index in [0.29, 0.717) is 23.4 Å². The van der Waals surface area contributed by atoms with Crippen LogP contribution < -0.4 is 11.5 Å². The summed E-state index contributed by atoms with van der Waals surface area (Å²) in [6, 6.07) is 12.3. The molecule has 0 radical (unpaired) electrons. The maximum absolute atomic E-state index is 12.6. The van der Waals surface area contributed by atoms with Crippen LogP contribution >= 0.6 is 0 Å². The number of hydrogen-bond acceptors (Lipinski definition) is 7. The van der Waals surface area contributed by atoms with Crippen molar-refractivity contribution in [3.8, 4) is 0 Å². The summed E-state index contributed by atoms with van der Waals surface area (Å²) >= 11 is 0. The molecule has 1 aliphatic rings. The molecule has 0 amide bonds. The molecular formula is C31H42N2O5. The number of hydrogen-bond donors (Lipinski definition) is 2. The first-order valence-corrected chi connectivity index (χ1v) is 13.9. The summed E-state index contributed by atoms with van der Waals surface area (Å²) in [5.74, 6) is -0.760. The minimum Gasteiger partial charge on any atom is -0.462 e. The zero-order valence-electron chi connectivity index (χ0n) is 22.5. The summed E-state index contributed by atoms with van der Waals surface area (Å²) in [7, 11) is 0. The van der Waals surface area contributed by atoms with Crippen LogP contribution in [0.2, 0.25) is 0 Å². The summed E-state index contributed by atoms with van der Waals surface area (Å²) in [5.41, 5.74) is 14.9. The zero-order chi connectivity index (χ0) is 27.2. The molecule has 1 aliphatic carbocycles. The Morgan fingerprint density at radius 3 is 2.21 bits per heavy atom. The minimum absolute atomic E-state index is 0.0648. The van der Waals surface area contributed by atoms with Gasteiger partial charge >= 0.3 is 11.9 Å². The van der Waals surface area contributed by atoms with Gasteiger partial charge in [-0.3, -0.25) is 0 Å². The highest BCUT2D eigenvalue weighted by Crippen LogP contribution is 2.25. The molecule has 0 aliphatic heterocycles. The Labute approximate surface area is 226 Å². The highest BCUT2D eigenvalue weighted by Gasteiger charge is 2.24. The SMILES string of the molecule is CCCCCCCOC1CCC(OC(=O)c2ccc(/C=C/C(=O)OCCc3cc(N)cc(N)c3)cc2)CC1. The predicted octanol–water partition coefficient (Wildman–Crippen LogP) is 6.11. The van der Waals surface area contributed by atoms with Gasteiger partial charge in [0.2, 0.25) is 0 Å². The molecule has 2 aromatic carbocycles. The average Bonchev–Trinajstić information content (AvgIpc) is 2.90. The number of unbranched alkanes of at least 4 members (excludes halogenated alkanes) is 4. The number of esters is 2. The standard InChI is InChI=1S/C31H42N2O5/c1-2-3-4-5-6-18-36-28-12-14-29(15-13-28)38-31(35)25-10-7-23(8-11-25)9-16-30(34)37-19-17-24-20-26(32)22-27(33)21-24/h7-11,16,20-22,28-29H,2-6,12-15,17-19,32-33H2,1H3/b16-9+. The van der Waals surface area contributed by atoms with Gasteiger partial charge < -0.3 is 25.7 Å². The highest BCUT2D eigenvalue weighted by atomic mass is 16.5. The van der Waals surface area contributed by atoms with Gasteiger partial charge in [-0.1, -0.05) is 44.7 Å². The van der Waals surface area contributed by atoms with Crippen LogP contribution in [0, 0.1) is 0 Å². The van der Waals surface area contributed by atoms with Crippen LogP contribution in [-0.4, -0.2) is 37.4 Å². The smallest absolute Gasteiger partial charge is 0.338 e. The fourth-order valence-electron chi connectivity index (χ4n) is 4.59. The van der Waals surface area contributed by atoms with E-state index in [1.165, 1.54) is 31.8 Å². The lowest BCUT2D eigenvalue weighted by atomic mass is 9.95. The Morgan fingerprint density at radius 2 is 1.53 bits per heavy atom. The molecular weight excluding hydrogens is 480 g/mol. The lowest BCUT2D eigenvalue weighted by molar-refractivity contribution is -0.137. The molecule has 0 atom stereocenters. The Kier molecular flexibility index (Phi) is 12.2. The van der Waals surface area contributed by atoms with Crippen molar-refractivity contribution < 1.29 is 23.8 Å². The topological polar surface area (TPSA) is 114 Å². The van der Waals surface area contributed by atoms with E-state index in [-0.39, 0.29) is 24.8 Å². The first kappa shape index (κ1) is 29.2. The Hall–Kier alpha value is -3.32. The fraction of sp³-hybridized carbons (Fsp3) is 0.484. The van der Waals surface area contributed by atoms with E-state index in [2.05, 4.69) is 6.92 Å². The molecule has 206 valence electrons. The van der Waals surface area contributed by atoms with E-state index in [9.17, 15) is 9.59 Å². The number of carbonyl (C=O) groups is 2. The van der Waals surface area contributed by atoms with Crippen LogP contribution in [0.3, 0.4) is 0 Å². The van der Waals surface area contributed by atoms with Gasteiger partial charge in [-0.2, -0.15) is 0 Å². The van der Waals surface area contributed by atoms with E-state index in [1.54, 1.807) is 36.4 Å². The number of rotatable bonds is 14. The van der Waals surface area contributed by atoms with Crippen molar-refractivity contribution >= 4 is 29.4 Å². The van der Waals surface area contributed by atoms with Gasteiger partial charge in [0.1, 0.15) is 6.10 Å². The molecule has 4 N–H and O–H groups in total. The van der Waals surface area contributed by atoms with Crippen LogP contribution in [0.4, 0.5) is 11.4 Å². The largest absolute Gasteiger partial charge is 0.462 e. The first-order valence-electron chi connectivity index (χ1n) is 13.9. The second-order valence-electron chi connectivity index (χ2n) is 9.97. The summed E-state index contributed by atoms with van der Waals surface area (Å²) in [4.78, 5) is 24.6. The zero-order valence-corrected chi connectivity index (χ0v) is 22.5. The molecule has 0 spiro atoms. The first-order chi connectivity index (χ1) is 18.4. The van der Waals surface area contributed by atoms with Crippen molar-refractivity contribution in [2.45, 2.75) is 83.3 Å². The molecule has 0 unspecified atom stereocenters. The van der Waals surface area contributed by atoms with Crippen LogP contribution in [0.25, 0.3) is 6.08 Å². The van der Waals surface area contributed by atoms with Crippen molar-refractivity contribution in [1.82, 2.24) is 0 Å². The van der Waals surface area contributed by atoms with Crippen LogP contribution in [-0.2, 0) is 25.4 Å². The van der Waals surface area contributed by atoms with E-state index in [1.807, 2.05) is 12.1 Å². The van der Waals surface area contributed by atoms with E-state index in [4.69, 9.17) is 25.7 Å². The Bertz CT molecular complexity index is 1020. The molecule has 38 heavy (non-hydrogen) atoms. The maximum atomic E-state index is 12.6. The average molecular weight is 523 g/mol. The molecule has 1 fully saturated rings. The van der Waals surface area contributed by atoms with Gasteiger partial charge in [-0.25, -0.2) is 9.59 Å². The number of carbonyl (C=O) groups excluding carboxylic acids is 2. The number of anilines is 2. The normalized spacial score (nSPS) is 17.4. The molecule has 0 bridgehead atoms. The number of ether oxygens (including phenoxy) is 3. The van der Waals surface area contributed by atoms with Crippen molar-refractivity contribution in [3.05, 3.63) is 65.2 Å². The van der Waals surface area contributed by atoms with Gasteiger partial charge in [0.15, 0.2) is 0 Å². The van der Waals surface area contributed by atoms with E-state index < -0.39 is 5.97 Å². The second kappa shape index (κ2) is 15.8. The number of nitrogens with two attached hydrogens (primary N) is 2. The van der Waals surface area contributed by atoms with Crippen LogP contribution in [0.5, 0.6) is 0 Å². The van der Waals surface area contributed by atoms with Crippen molar-refractivity contribution in [2.75, 3.05) is 24.7 Å². The summed E-state index contributed by atoms with van der Waals surface area (Å²) in [6.45, 7) is 3.28. The minimum atomic E-state index is -0.443. The quantitative estimate of drug-likeness (QED) is 0.133. The molecule has 0 heterocycles. The lowest BCUT2D eigenvalue weighted by Gasteiger charge is -2.28. The van der Waals surface area contributed by atoms with Crippen molar-refractivity contribution in [3.63, 3.8) is 0 Å². The highest BCUT2D eigenvalue weighted by molar-refractivity contribution is 5.90. The second-order valence-corrected chi connectivity index (χ2v) is 9.97. The summed E-state index contributed by atoms with van der Waals surface area (Å²) in [5, 5.41) is 0. The van der Waals surface area contributed by atoms with Gasteiger partial charge in [0.25, 0.3) is 0 Å². The van der Waals surface area contributed by atoms with Crippen molar-refractivity contribution in [2.24, 2.45) is 0 Å². The number of benzene rings is 2. The van der Waals surface area contributed by atoms with Crippen LogP contribution in [0.15, 0.2) is 48.5 Å². The van der Waals surface area contributed by atoms with Crippen molar-refractivity contribution in [1.29, 1.82) is 0 Å². The molecule has 1 saturated carbocycles. The van der Waals surface area contributed by atoms with Gasteiger partial charge in [-0.05, 0) is 79.6 Å².